The zero-order valence-electron chi connectivity index (χ0n) is 12.2. The minimum atomic E-state index is 0.342. The average Bonchev–Trinajstić information content (AvgIpc) is 3.05. The van der Waals surface area contributed by atoms with Gasteiger partial charge in [0.25, 0.3) is 6.01 Å². The van der Waals surface area contributed by atoms with Crippen molar-refractivity contribution in [2.75, 3.05) is 11.4 Å². The van der Waals surface area contributed by atoms with E-state index in [1.165, 1.54) is 10.4 Å². The lowest BCUT2D eigenvalue weighted by molar-refractivity contribution is 0.497. The summed E-state index contributed by atoms with van der Waals surface area (Å²) >= 11 is 1.86. The molecule has 0 fully saturated rings. The van der Waals surface area contributed by atoms with Crippen LogP contribution in [-0.4, -0.2) is 17.6 Å². The average molecular weight is 291 g/mol. The van der Waals surface area contributed by atoms with Gasteiger partial charge in [0.2, 0.25) is 0 Å². The van der Waals surface area contributed by atoms with Crippen molar-refractivity contribution in [1.29, 1.82) is 0 Å². The molecule has 3 rings (SSSR count). The zero-order valence-corrected chi connectivity index (χ0v) is 13.0. The van der Waals surface area contributed by atoms with Gasteiger partial charge in [0, 0.05) is 24.0 Å². The number of aromatic nitrogens is 1. The molecule has 1 atom stereocenters. The number of nitrogens with zero attached hydrogens (tertiary/aromatic N) is 2. The third-order valence-electron chi connectivity index (χ3n) is 3.75. The molecule has 0 spiro atoms. The van der Waals surface area contributed by atoms with Crippen LogP contribution in [-0.2, 0) is 13.0 Å². The van der Waals surface area contributed by atoms with Gasteiger partial charge in [0.15, 0.2) is 0 Å². The van der Waals surface area contributed by atoms with Crippen molar-refractivity contribution in [3.05, 3.63) is 33.8 Å². The molecule has 3 heterocycles. The molecule has 2 aromatic heterocycles. The highest BCUT2D eigenvalue weighted by molar-refractivity contribution is 7.10. The quantitative estimate of drug-likeness (QED) is 0.938. The number of hydrogen-bond donors (Lipinski definition) is 1. The highest BCUT2D eigenvalue weighted by atomic mass is 32.1. The minimum Gasteiger partial charge on any atom is -0.432 e. The minimum absolute atomic E-state index is 0.342. The van der Waals surface area contributed by atoms with Crippen LogP contribution in [0.25, 0.3) is 0 Å². The Kier molecular flexibility index (Phi) is 3.81. The van der Waals surface area contributed by atoms with Gasteiger partial charge in [-0.1, -0.05) is 13.8 Å². The maximum Gasteiger partial charge on any atom is 0.297 e. The van der Waals surface area contributed by atoms with Crippen LogP contribution in [0.15, 0.2) is 22.1 Å². The number of fused-ring (bicyclic) bond motifs is 1. The number of nitrogens with one attached hydrogen (secondary N) is 1. The molecule has 0 radical (unpaired) electrons. The summed E-state index contributed by atoms with van der Waals surface area (Å²) in [6.45, 7) is 8.22. The first kappa shape index (κ1) is 13.6. The van der Waals surface area contributed by atoms with E-state index in [1.54, 1.807) is 6.26 Å². The summed E-state index contributed by atoms with van der Waals surface area (Å²) in [7, 11) is 0. The standard InChI is InChI=1S/C15H21N3OS/c1-10(2)16-8-12-9-19-15(17-12)18-6-4-14-13(11(18)3)5-7-20-14/h5,7,9-11,16H,4,6,8H2,1-3H3. The molecule has 20 heavy (non-hydrogen) atoms. The highest BCUT2D eigenvalue weighted by Gasteiger charge is 2.27. The van der Waals surface area contributed by atoms with Gasteiger partial charge in [0.1, 0.15) is 6.26 Å². The molecular formula is C15H21N3OS. The fourth-order valence-corrected chi connectivity index (χ4v) is 3.55. The third kappa shape index (κ3) is 2.60. The van der Waals surface area contributed by atoms with E-state index in [2.05, 4.69) is 47.4 Å². The molecule has 2 aromatic rings. The van der Waals surface area contributed by atoms with Gasteiger partial charge in [0.05, 0.1) is 11.7 Å². The number of thiophene rings is 1. The lowest BCUT2D eigenvalue weighted by atomic mass is 10.0. The van der Waals surface area contributed by atoms with Gasteiger partial charge in [-0.2, -0.15) is 4.98 Å². The van der Waals surface area contributed by atoms with E-state index >= 15 is 0 Å². The largest absolute Gasteiger partial charge is 0.432 e. The van der Waals surface area contributed by atoms with Crippen LogP contribution < -0.4 is 10.2 Å². The maximum absolute atomic E-state index is 5.68. The topological polar surface area (TPSA) is 41.3 Å². The Balaban J connectivity index is 1.74. The van der Waals surface area contributed by atoms with Crippen LogP contribution in [0.4, 0.5) is 6.01 Å². The summed E-state index contributed by atoms with van der Waals surface area (Å²) in [5.41, 5.74) is 2.39. The van der Waals surface area contributed by atoms with Crippen molar-refractivity contribution in [2.24, 2.45) is 0 Å². The molecule has 0 aliphatic carbocycles. The van der Waals surface area contributed by atoms with E-state index in [1.807, 2.05) is 11.3 Å². The van der Waals surface area contributed by atoms with Crippen molar-refractivity contribution >= 4 is 17.4 Å². The Bertz CT molecular complexity index is 575. The summed E-state index contributed by atoms with van der Waals surface area (Å²) < 4.78 is 5.68. The first-order valence-electron chi connectivity index (χ1n) is 7.16. The lowest BCUT2D eigenvalue weighted by Crippen LogP contribution is -2.33. The Hall–Kier alpha value is -1.33. The van der Waals surface area contributed by atoms with Crippen molar-refractivity contribution in [2.45, 2.75) is 45.8 Å². The van der Waals surface area contributed by atoms with Crippen molar-refractivity contribution < 1.29 is 4.42 Å². The third-order valence-corrected chi connectivity index (χ3v) is 4.75. The molecule has 0 saturated carbocycles. The second-order valence-corrected chi connectivity index (χ2v) is 6.58. The Morgan fingerprint density at radius 3 is 3.20 bits per heavy atom. The second kappa shape index (κ2) is 5.58. The monoisotopic (exact) mass is 291 g/mol. The van der Waals surface area contributed by atoms with E-state index < -0.39 is 0 Å². The van der Waals surface area contributed by atoms with E-state index in [0.29, 0.717) is 12.1 Å². The van der Waals surface area contributed by atoms with Crippen LogP contribution in [0.2, 0.25) is 0 Å². The summed E-state index contributed by atoms with van der Waals surface area (Å²) in [5.74, 6) is 0. The summed E-state index contributed by atoms with van der Waals surface area (Å²) in [4.78, 5) is 8.37. The molecule has 4 nitrogen and oxygen atoms in total. The summed E-state index contributed by atoms with van der Waals surface area (Å²) in [5, 5.41) is 5.54. The van der Waals surface area contributed by atoms with Crippen molar-refractivity contribution in [3.63, 3.8) is 0 Å². The molecule has 5 heteroatoms. The van der Waals surface area contributed by atoms with Gasteiger partial charge in [-0.3, -0.25) is 0 Å². The van der Waals surface area contributed by atoms with Gasteiger partial charge in [-0.25, -0.2) is 0 Å². The Morgan fingerprint density at radius 2 is 2.40 bits per heavy atom. The van der Waals surface area contributed by atoms with Crippen LogP contribution in [0.1, 0.15) is 42.9 Å². The van der Waals surface area contributed by atoms with Gasteiger partial charge in [-0.05, 0) is 30.4 Å². The number of hydrogen-bond acceptors (Lipinski definition) is 5. The molecule has 0 saturated heterocycles. The van der Waals surface area contributed by atoms with Crippen LogP contribution in [0.3, 0.4) is 0 Å². The number of rotatable bonds is 4. The lowest BCUT2D eigenvalue weighted by Gasteiger charge is -2.32. The fourth-order valence-electron chi connectivity index (χ4n) is 2.59. The van der Waals surface area contributed by atoms with Crippen LogP contribution in [0, 0.1) is 0 Å². The molecule has 1 unspecified atom stereocenters. The molecule has 1 N–H and O–H groups in total. The molecule has 1 aliphatic rings. The number of anilines is 1. The first-order chi connectivity index (χ1) is 9.65. The van der Waals surface area contributed by atoms with E-state index in [9.17, 15) is 0 Å². The van der Waals surface area contributed by atoms with E-state index in [4.69, 9.17) is 4.42 Å². The zero-order chi connectivity index (χ0) is 14.1. The molecular weight excluding hydrogens is 270 g/mol. The van der Waals surface area contributed by atoms with E-state index in [-0.39, 0.29) is 0 Å². The highest BCUT2D eigenvalue weighted by Crippen LogP contribution is 2.35. The van der Waals surface area contributed by atoms with Gasteiger partial charge < -0.3 is 14.6 Å². The molecule has 0 amide bonds. The van der Waals surface area contributed by atoms with Crippen LogP contribution >= 0.6 is 11.3 Å². The normalized spacial score (nSPS) is 18.6. The van der Waals surface area contributed by atoms with Crippen molar-refractivity contribution in [1.82, 2.24) is 10.3 Å². The number of oxazole rings is 1. The maximum atomic E-state index is 5.68. The summed E-state index contributed by atoms with van der Waals surface area (Å²) in [6, 6.07) is 3.77. The summed E-state index contributed by atoms with van der Waals surface area (Å²) in [6.07, 6.45) is 2.85. The molecule has 0 bridgehead atoms. The fraction of sp³-hybridized carbons (Fsp3) is 0.533. The Morgan fingerprint density at radius 1 is 1.55 bits per heavy atom. The van der Waals surface area contributed by atoms with Gasteiger partial charge in [-0.15, -0.1) is 11.3 Å². The van der Waals surface area contributed by atoms with Crippen LogP contribution in [0.5, 0.6) is 0 Å². The van der Waals surface area contributed by atoms with Gasteiger partial charge >= 0.3 is 0 Å². The molecule has 0 aromatic carbocycles. The van der Waals surface area contributed by atoms with Crippen molar-refractivity contribution in [3.8, 4) is 0 Å². The predicted molar refractivity (Wildman–Crippen MR) is 82.3 cm³/mol. The predicted octanol–water partition coefficient (Wildman–Crippen LogP) is 3.36. The smallest absolute Gasteiger partial charge is 0.297 e. The molecule has 108 valence electrons. The van der Waals surface area contributed by atoms with E-state index in [0.717, 1.165) is 31.2 Å². The Labute approximate surface area is 123 Å². The second-order valence-electron chi connectivity index (χ2n) is 5.58. The molecule has 1 aliphatic heterocycles. The first-order valence-corrected chi connectivity index (χ1v) is 8.04. The SMILES string of the molecule is CC(C)NCc1coc(N2CCc3sccc3C2C)n1.